The standard InChI is InChI=1S/C22H17N3/c23-16-17-8-7-11-19(14-17)21-15-22(18-9-3-1-4-10-18)25(24-21)20-12-5-2-6-13-20/h1-14,22H,15H2. The fourth-order valence-corrected chi connectivity index (χ4v) is 3.21. The Morgan fingerprint density at radius 3 is 2.32 bits per heavy atom. The highest BCUT2D eigenvalue weighted by atomic mass is 15.5. The molecular formula is C22H17N3. The number of benzene rings is 3. The summed E-state index contributed by atoms with van der Waals surface area (Å²) < 4.78 is 0. The molecule has 0 saturated carbocycles. The van der Waals surface area contributed by atoms with Gasteiger partial charge < -0.3 is 0 Å². The zero-order valence-electron chi connectivity index (χ0n) is 13.7. The van der Waals surface area contributed by atoms with Gasteiger partial charge in [0.05, 0.1) is 29.1 Å². The number of hydrogen-bond acceptors (Lipinski definition) is 3. The summed E-state index contributed by atoms with van der Waals surface area (Å²) in [5, 5.41) is 16.2. The lowest BCUT2D eigenvalue weighted by atomic mass is 9.97. The zero-order valence-corrected chi connectivity index (χ0v) is 13.7. The molecule has 0 spiro atoms. The van der Waals surface area contributed by atoms with Crippen LogP contribution in [0.4, 0.5) is 5.69 Å². The van der Waals surface area contributed by atoms with E-state index in [1.165, 1.54) is 5.56 Å². The van der Waals surface area contributed by atoms with Crippen molar-refractivity contribution in [2.24, 2.45) is 5.10 Å². The Morgan fingerprint density at radius 2 is 1.60 bits per heavy atom. The average molecular weight is 323 g/mol. The monoisotopic (exact) mass is 323 g/mol. The fraction of sp³-hybridized carbons (Fsp3) is 0.0909. The van der Waals surface area contributed by atoms with Gasteiger partial charge in [-0.25, -0.2) is 0 Å². The molecule has 120 valence electrons. The van der Waals surface area contributed by atoms with Crippen molar-refractivity contribution >= 4 is 11.4 Å². The minimum absolute atomic E-state index is 0.157. The number of para-hydroxylation sites is 1. The first-order valence-electron chi connectivity index (χ1n) is 8.32. The van der Waals surface area contributed by atoms with Crippen LogP contribution in [0.5, 0.6) is 0 Å². The van der Waals surface area contributed by atoms with Crippen molar-refractivity contribution in [1.82, 2.24) is 0 Å². The third-order valence-corrected chi connectivity index (χ3v) is 4.44. The molecule has 4 rings (SSSR count). The smallest absolute Gasteiger partial charge is 0.0991 e. The minimum atomic E-state index is 0.157. The minimum Gasteiger partial charge on any atom is -0.257 e. The lowest BCUT2D eigenvalue weighted by molar-refractivity contribution is 0.709. The molecule has 1 unspecified atom stereocenters. The number of anilines is 1. The topological polar surface area (TPSA) is 39.4 Å². The van der Waals surface area contributed by atoms with Crippen LogP contribution in [0.2, 0.25) is 0 Å². The van der Waals surface area contributed by atoms with Gasteiger partial charge in [0, 0.05) is 6.42 Å². The molecule has 3 nitrogen and oxygen atoms in total. The third kappa shape index (κ3) is 3.02. The molecule has 0 fully saturated rings. The van der Waals surface area contributed by atoms with Crippen LogP contribution in [-0.2, 0) is 0 Å². The van der Waals surface area contributed by atoms with E-state index in [1.807, 2.05) is 48.5 Å². The quantitative estimate of drug-likeness (QED) is 0.686. The molecule has 0 bridgehead atoms. The molecule has 0 saturated heterocycles. The second kappa shape index (κ2) is 6.62. The number of nitriles is 1. The fourth-order valence-electron chi connectivity index (χ4n) is 3.21. The van der Waals surface area contributed by atoms with Crippen LogP contribution in [0, 0.1) is 11.3 Å². The SMILES string of the molecule is N#Cc1cccc(C2=NN(c3ccccc3)C(c3ccccc3)C2)c1. The van der Waals surface area contributed by atoms with Crippen LogP contribution >= 0.6 is 0 Å². The summed E-state index contributed by atoms with van der Waals surface area (Å²) in [5.74, 6) is 0. The molecule has 3 heteroatoms. The van der Waals surface area contributed by atoms with Gasteiger partial charge in [0.2, 0.25) is 0 Å². The lowest BCUT2D eigenvalue weighted by Crippen LogP contribution is -2.18. The van der Waals surface area contributed by atoms with Crippen LogP contribution in [0.25, 0.3) is 0 Å². The summed E-state index contributed by atoms with van der Waals surface area (Å²) in [6.07, 6.45) is 0.813. The zero-order chi connectivity index (χ0) is 17.1. The van der Waals surface area contributed by atoms with Gasteiger partial charge in [-0.15, -0.1) is 0 Å². The summed E-state index contributed by atoms with van der Waals surface area (Å²) in [5.41, 5.74) is 4.99. The summed E-state index contributed by atoms with van der Waals surface area (Å²) in [7, 11) is 0. The molecule has 25 heavy (non-hydrogen) atoms. The van der Waals surface area contributed by atoms with E-state index in [0.717, 1.165) is 23.4 Å². The summed E-state index contributed by atoms with van der Waals surface area (Å²) in [6.45, 7) is 0. The average Bonchev–Trinajstić information content (AvgIpc) is 3.15. The van der Waals surface area contributed by atoms with Crippen molar-refractivity contribution in [3.05, 3.63) is 102 Å². The second-order valence-electron chi connectivity index (χ2n) is 6.05. The molecule has 0 aromatic heterocycles. The van der Waals surface area contributed by atoms with E-state index in [0.29, 0.717) is 5.56 Å². The van der Waals surface area contributed by atoms with Crippen molar-refractivity contribution in [2.45, 2.75) is 12.5 Å². The van der Waals surface area contributed by atoms with Crippen molar-refractivity contribution < 1.29 is 0 Å². The van der Waals surface area contributed by atoms with Gasteiger partial charge in [0.1, 0.15) is 0 Å². The Labute approximate surface area is 147 Å². The first kappa shape index (κ1) is 15.2. The van der Waals surface area contributed by atoms with Gasteiger partial charge in [0.25, 0.3) is 0 Å². The largest absolute Gasteiger partial charge is 0.257 e. The molecule has 0 radical (unpaired) electrons. The predicted octanol–water partition coefficient (Wildman–Crippen LogP) is 4.91. The summed E-state index contributed by atoms with van der Waals surface area (Å²) >= 11 is 0. The maximum Gasteiger partial charge on any atom is 0.0991 e. The van der Waals surface area contributed by atoms with E-state index in [2.05, 4.69) is 47.5 Å². The second-order valence-corrected chi connectivity index (χ2v) is 6.05. The van der Waals surface area contributed by atoms with Gasteiger partial charge in [-0.1, -0.05) is 60.7 Å². The molecule has 3 aromatic carbocycles. The Hall–Kier alpha value is -3.38. The van der Waals surface area contributed by atoms with Crippen molar-refractivity contribution in [2.75, 3.05) is 5.01 Å². The summed E-state index contributed by atoms with van der Waals surface area (Å²) in [6, 6.07) is 30.7. The normalized spacial score (nSPS) is 16.4. The highest BCUT2D eigenvalue weighted by molar-refractivity contribution is 6.03. The van der Waals surface area contributed by atoms with Crippen LogP contribution in [0.1, 0.15) is 29.2 Å². The van der Waals surface area contributed by atoms with Gasteiger partial charge in [-0.05, 0) is 35.4 Å². The Kier molecular flexibility index (Phi) is 4.02. The van der Waals surface area contributed by atoms with E-state index in [-0.39, 0.29) is 6.04 Å². The first-order chi connectivity index (χ1) is 12.3. The highest BCUT2D eigenvalue weighted by Gasteiger charge is 2.29. The van der Waals surface area contributed by atoms with Crippen molar-refractivity contribution in [3.63, 3.8) is 0 Å². The molecular weight excluding hydrogens is 306 g/mol. The summed E-state index contributed by atoms with van der Waals surface area (Å²) in [4.78, 5) is 0. The van der Waals surface area contributed by atoms with Gasteiger partial charge >= 0.3 is 0 Å². The molecule has 3 aromatic rings. The third-order valence-electron chi connectivity index (χ3n) is 4.44. The number of rotatable bonds is 3. The maximum absolute atomic E-state index is 9.16. The van der Waals surface area contributed by atoms with Crippen LogP contribution in [0.3, 0.4) is 0 Å². The molecule has 1 atom stereocenters. The molecule has 1 aliphatic heterocycles. The van der Waals surface area contributed by atoms with Crippen LogP contribution < -0.4 is 5.01 Å². The molecule has 0 aliphatic carbocycles. The highest BCUT2D eigenvalue weighted by Crippen LogP contribution is 2.36. The molecule has 0 amide bonds. The van der Waals surface area contributed by atoms with Crippen molar-refractivity contribution in [1.29, 1.82) is 5.26 Å². The van der Waals surface area contributed by atoms with Crippen molar-refractivity contribution in [3.8, 4) is 6.07 Å². The Balaban J connectivity index is 1.76. The van der Waals surface area contributed by atoms with E-state index >= 15 is 0 Å². The molecule has 0 N–H and O–H groups in total. The van der Waals surface area contributed by atoms with Gasteiger partial charge in [-0.3, -0.25) is 5.01 Å². The van der Waals surface area contributed by atoms with E-state index in [9.17, 15) is 0 Å². The Bertz CT molecular complexity index is 940. The van der Waals surface area contributed by atoms with Gasteiger partial charge in [0.15, 0.2) is 0 Å². The van der Waals surface area contributed by atoms with E-state index < -0.39 is 0 Å². The molecule has 1 heterocycles. The van der Waals surface area contributed by atoms with E-state index in [1.54, 1.807) is 0 Å². The first-order valence-corrected chi connectivity index (χ1v) is 8.32. The molecule has 1 aliphatic rings. The Morgan fingerprint density at radius 1 is 0.880 bits per heavy atom. The number of nitrogens with zero attached hydrogens (tertiary/aromatic N) is 3. The lowest BCUT2D eigenvalue weighted by Gasteiger charge is -2.23. The van der Waals surface area contributed by atoms with Crippen LogP contribution in [0.15, 0.2) is 90.0 Å². The number of hydrogen-bond donors (Lipinski definition) is 0. The predicted molar refractivity (Wildman–Crippen MR) is 100 cm³/mol. The maximum atomic E-state index is 9.16. The number of hydrazone groups is 1. The van der Waals surface area contributed by atoms with Gasteiger partial charge in [-0.2, -0.15) is 10.4 Å². The van der Waals surface area contributed by atoms with E-state index in [4.69, 9.17) is 10.4 Å². The van der Waals surface area contributed by atoms with Crippen LogP contribution in [-0.4, -0.2) is 5.71 Å².